The Morgan fingerprint density at radius 3 is 2.38 bits per heavy atom. The van der Waals surface area contributed by atoms with Gasteiger partial charge in [-0.1, -0.05) is 30.3 Å². The largest absolute Gasteiger partial charge is 0.476 e. The highest BCUT2D eigenvalue weighted by Gasteiger charge is 2.16. The van der Waals surface area contributed by atoms with Crippen LogP contribution in [-0.2, 0) is 6.54 Å². The fourth-order valence-corrected chi connectivity index (χ4v) is 2.86. The average molecular weight is 347 g/mol. The normalized spacial score (nSPS) is 11.1. The molecule has 2 aromatic carbocycles. The molecule has 26 heavy (non-hydrogen) atoms. The molecular weight excluding hydrogens is 334 g/mol. The highest BCUT2D eigenvalue weighted by molar-refractivity contribution is 6.01. The number of aromatic carboxylic acids is 1. The number of benzene rings is 2. The molecule has 0 saturated carbocycles. The van der Waals surface area contributed by atoms with Crippen LogP contribution < -0.4 is 11.3 Å². The van der Waals surface area contributed by atoms with E-state index in [-0.39, 0.29) is 29.3 Å². The first kappa shape index (κ1) is 15.7. The summed E-state index contributed by atoms with van der Waals surface area (Å²) in [5.41, 5.74) is 5.99. The minimum atomic E-state index is -1.21. The number of carboxylic acids is 1. The van der Waals surface area contributed by atoms with Gasteiger partial charge in [0.25, 0.3) is 5.56 Å². The van der Waals surface area contributed by atoms with Gasteiger partial charge >= 0.3 is 5.97 Å². The van der Waals surface area contributed by atoms with E-state index in [0.717, 1.165) is 4.68 Å². The summed E-state index contributed by atoms with van der Waals surface area (Å²) in [6, 6.07) is 13.7. The van der Waals surface area contributed by atoms with Crippen molar-refractivity contribution in [3.8, 4) is 0 Å². The molecule has 0 saturated heterocycles. The molecule has 0 radical (unpaired) electrons. The van der Waals surface area contributed by atoms with Crippen LogP contribution in [0.3, 0.4) is 0 Å². The molecule has 0 amide bonds. The van der Waals surface area contributed by atoms with Gasteiger partial charge in [-0.15, -0.1) is 0 Å². The van der Waals surface area contributed by atoms with Crippen LogP contribution in [0.5, 0.6) is 0 Å². The summed E-state index contributed by atoms with van der Waals surface area (Å²) < 4.78 is 1.05. The molecule has 0 unspecified atom stereocenters. The van der Waals surface area contributed by atoms with Gasteiger partial charge in [-0.3, -0.25) is 4.79 Å². The fourth-order valence-electron chi connectivity index (χ4n) is 2.86. The zero-order valence-corrected chi connectivity index (χ0v) is 13.5. The second-order valence-corrected chi connectivity index (χ2v) is 5.70. The van der Waals surface area contributed by atoms with Gasteiger partial charge < -0.3 is 10.8 Å². The number of carbonyl (C=O) groups is 1. The standard InChI is InChI=1S/C18H13N5O3/c19-16-12-7-3-4-8-13(12)20-14(21-16)9-23-17(24)11-6-2-1-5-10(11)15(22-23)18(25)26/h1-8H,9H2,(H,25,26)(H2,19,20,21). The first-order valence-corrected chi connectivity index (χ1v) is 7.79. The summed E-state index contributed by atoms with van der Waals surface area (Å²) in [6.07, 6.45) is 0. The third kappa shape index (κ3) is 2.53. The first-order chi connectivity index (χ1) is 12.5. The van der Waals surface area contributed by atoms with Crippen molar-refractivity contribution in [3.05, 3.63) is 70.4 Å². The maximum Gasteiger partial charge on any atom is 0.357 e. The van der Waals surface area contributed by atoms with Crippen LogP contribution in [-0.4, -0.2) is 30.8 Å². The van der Waals surface area contributed by atoms with Gasteiger partial charge in [0.15, 0.2) is 11.5 Å². The van der Waals surface area contributed by atoms with E-state index in [1.165, 1.54) is 0 Å². The highest BCUT2D eigenvalue weighted by atomic mass is 16.4. The van der Waals surface area contributed by atoms with Crippen LogP contribution in [0.2, 0.25) is 0 Å². The van der Waals surface area contributed by atoms with Crippen LogP contribution >= 0.6 is 0 Å². The van der Waals surface area contributed by atoms with Crippen molar-refractivity contribution in [1.29, 1.82) is 0 Å². The Morgan fingerprint density at radius 1 is 1.00 bits per heavy atom. The number of hydrogen-bond donors (Lipinski definition) is 2. The molecule has 0 bridgehead atoms. The van der Waals surface area contributed by atoms with E-state index in [4.69, 9.17) is 5.73 Å². The smallest absolute Gasteiger partial charge is 0.357 e. The Morgan fingerprint density at radius 2 is 1.65 bits per heavy atom. The molecule has 4 aromatic rings. The summed E-state index contributed by atoms with van der Waals surface area (Å²) in [6.45, 7) is -0.0843. The summed E-state index contributed by atoms with van der Waals surface area (Å²) in [5.74, 6) is -0.644. The number of nitrogens with zero attached hydrogens (tertiary/aromatic N) is 4. The van der Waals surface area contributed by atoms with E-state index in [2.05, 4.69) is 15.1 Å². The van der Waals surface area contributed by atoms with E-state index >= 15 is 0 Å². The van der Waals surface area contributed by atoms with Gasteiger partial charge in [0.05, 0.1) is 10.9 Å². The van der Waals surface area contributed by atoms with Crippen LogP contribution in [0.4, 0.5) is 5.82 Å². The van der Waals surface area contributed by atoms with E-state index < -0.39 is 11.5 Å². The molecule has 2 aromatic heterocycles. The number of nitrogen functional groups attached to an aromatic ring is 1. The zero-order valence-electron chi connectivity index (χ0n) is 13.5. The molecule has 3 N–H and O–H groups in total. The Kier molecular flexibility index (Phi) is 3.58. The van der Waals surface area contributed by atoms with Crippen molar-refractivity contribution in [2.24, 2.45) is 0 Å². The van der Waals surface area contributed by atoms with E-state index in [0.29, 0.717) is 16.3 Å². The Hall–Kier alpha value is -3.81. The molecule has 2 heterocycles. The molecule has 8 heteroatoms. The Labute approximate surface area is 146 Å². The maximum atomic E-state index is 12.7. The molecular formula is C18H13N5O3. The van der Waals surface area contributed by atoms with E-state index in [9.17, 15) is 14.7 Å². The lowest BCUT2D eigenvalue weighted by atomic mass is 10.1. The van der Waals surface area contributed by atoms with Crippen molar-refractivity contribution < 1.29 is 9.90 Å². The summed E-state index contributed by atoms with van der Waals surface area (Å²) in [7, 11) is 0. The summed E-state index contributed by atoms with van der Waals surface area (Å²) in [4.78, 5) is 32.8. The molecule has 0 aliphatic rings. The lowest BCUT2D eigenvalue weighted by molar-refractivity contribution is 0.0690. The average Bonchev–Trinajstić information content (AvgIpc) is 2.64. The molecule has 0 atom stereocenters. The maximum absolute atomic E-state index is 12.7. The lowest BCUT2D eigenvalue weighted by Crippen LogP contribution is -2.27. The molecule has 0 aliphatic carbocycles. The van der Waals surface area contributed by atoms with Crippen LogP contribution in [0, 0.1) is 0 Å². The number of carboxylic acid groups (broad SMARTS) is 1. The number of rotatable bonds is 3. The Balaban J connectivity index is 1.89. The topological polar surface area (TPSA) is 124 Å². The fraction of sp³-hybridized carbons (Fsp3) is 0.0556. The quantitative estimate of drug-likeness (QED) is 0.577. The predicted molar refractivity (Wildman–Crippen MR) is 96.0 cm³/mol. The number of para-hydroxylation sites is 1. The van der Waals surface area contributed by atoms with Crippen molar-refractivity contribution in [3.63, 3.8) is 0 Å². The van der Waals surface area contributed by atoms with Gasteiger partial charge in [-0.05, 0) is 18.2 Å². The molecule has 0 aliphatic heterocycles. The minimum Gasteiger partial charge on any atom is -0.476 e. The SMILES string of the molecule is Nc1nc(Cn2nc(C(=O)O)c3ccccc3c2=O)nc2ccccc12. The van der Waals surface area contributed by atoms with Gasteiger partial charge in [0, 0.05) is 10.8 Å². The molecule has 4 rings (SSSR count). The van der Waals surface area contributed by atoms with Crippen molar-refractivity contribution in [2.75, 3.05) is 5.73 Å². The number of hydrogen-bond acceptors (Lipinski definition) is 6. The number of nitrogens with two attached hydrogens (primary N) is 1. The molecule has 0 spiro atoms. The predicted octanol–water partition coefficient (Wildman–Crippen LogP) is 1.67. The van der Waals surface area contributed by atoms with Crippen molar-refractivity contribution >= 4 is 33.5 Å². The number of aromatic nitrogens is 4. The minimum absolute atomic E-state index is 0.0843. The molecule has 128 valence electrons. The van der Waals surface area contributed by atoms with Crippen LogP contribution in [0.1, 0.15) is 16.3 Å². The zero-order chi connectivity index (χ0) is 18.3. The van der Waals surface area contributed by atoms with Gasteiger partial charge in [0.2, 0.25) is 0 Å². The highest BCUT2D eigenvalue weighted by Crippen LogP contribution is 2.18. The van der Waals surface area contributed by atoms with Gasteiger partial charge in [0.1, 0.15) is 12.4 Å². The third-order valence-electron chi connectivity index (χ3n) is 4.04. The van der Waals surface area contributed by atoms with Crippen molar-refractivity contribution in [1.82, 2.24) is 19.7 Å². The van der Waals surface area contributed by atoms with Gasteiger partial charge in [-0.2, -0.15) is 5.10 Å². The monoisotopic (exact) mass is 347 g/mol. The van der Waals surface area contributed by atoms with E-state index in [1.807, 2.05) is 12.1 Å². The second kappa shape index (κ2) is 5.92. The van der Waals surface area contributed by atoms with E-state index in [1.54, 1.807) is 36.4 Å². The molecule has 0 fully saturated rings. The summed E-state index contributed by atoms with van der Waals surface area (Å²) >= 11 is 0. The van der Waals surface area contributed by atoms with Gasteiger partial charge in [-0.25, -0.2) is 19.4 Å². The lowest BCUT2D eigenvalue weighted by Gasteiger charge is -2.09. The van der Waals surface area contributed by atoms with Crippen LogP contribution in [0.15, 0.2) is 53.3 Å². The molecule has 8 nitrogen and oxygen atoms in total. The first-order valence-electron chi connectivity index (χ1n) is 7.79. The van der Waals surface area contributed by atoms with Crippen molar-refractivity contribution in [2.45, 2.75) is 6.54 Å². The number of anilines is 1. The summed E-state index contributed by atoms with van der Waals surface area (Å²) in [5, 5.41) is 14.7. The Bertz CT molecular complexity index is 1230. The number of fused-ring (bicyclic) bond motifs is 2. The second-order valence-electron chi connectivity index (χ2n) is 5.70. The third-order valence-corrected chi connectivity index (χ3v) is 4.04. The van der Waals surface area contributed by atoms with Crippen LogP contribution in [0.25, 0.3) is 21.7 Å².